The summed E-state index contributed by atoms with van der Waals surface area (Å²) in [6.07, 6.45) is 4.44. The molecule has 1 heterocycles. The molecule has 2 aliphatic carbocycles. The van der Waals surface area contributed by atoms with Gasteiger partial charge >= 0.3 is 15.6 Å². The van der Waals surface area contributed by atoms with Crippen molar-refractivity contribution in [2.45, 2.75) is 61.1 Å². The summed E-state index contributed by atoms with van der Waals surface area (Å²) in [7, 11) is -3.74. The number of halogens is 3. The fourth-order valence-corrected chi connectivity index (χ4v) is 5.88. The highest BCUT2D eigenvalue weighted by Crippen LogP contribution is 2.58. The van der Waals surface area contributed by atoms with Crippen molar-refractivity contribution in [1.29, 1.82) is 0 Å². The van der Waals surface area contributed by atoms with E-state index in [1.807, 2.05) is 7.05 Å². The highest BCUT2D eigenvalue weighted by molar-refractivity contribution is 7.88. The van der Waals surface area contributed by atoms with Crippen molar-refractivity contribution in [3.63, 3.8) is 0 Å². The number of hydrogen-bond acceptors (Lipinski definition) is 5. The van der Waals surface area contributed by atoms with Crippen molar-refractivity contribution in [3.05, 3.63) is 29.3 Å². The zero-order chi connectivity index (χ0) is 19.7. The van der Waals surface area contributed by atoms with Gasteiger partial charge in [0.1, 0.15) is 5.75 Å². The van der Waals surface area contributed by atoms with Gasteiger partial charge in [-0.15, -0.1) is 0 Å². The SMILES string of the molecule is CN1CCC23CCCCC2(O)C1Cc1ccc(OS(=O)(=O)C(F)(F)F)cc13. The Morgan fingerprint density at radius 1 is 1.22 bits per heavy atom. The number of hydrogen-bond donors (Lipinski definition) is 1. The lowest BCUT2D eigenvalue weighted by molar-refractivity contribution is -0.160. The topological polar surface area (TPSA) is 66.8 Å². The van der Waals surface area contributed by atoms with Gasteiger partial charge in [0.2, 0.25) is 0 Å². The summed E-state index contributed by atoms with van der Waals surface area (Å²) in [4.78, 5) is 2.16. The molecule has 1 N–H and O–H groups in total. The summed E-state index contributed by atoms with van der Waals surface area (Å²) in [5.41, 5.74) is -5.34. The van der Waals surface area contributed by atoms with Crippen LogP contribution in [0.3, 0.4) is 0 Å². The van der Waals surface area contributed by atoms with Crippen LogP contribution >= 0.6 is 0 Å². The van der Waals surface area contributed by atoms with Crippen LogP contribution in [0.4, 0.5) is 13.2 Å². The maximum atomic E-state index is 12.7. The van der Waals surface area contributed by atoms with Gasteiger partial charge in [-0.05, 0) is 62.5 Å². The second-order valence-electron chi connectivity index (χ2n) is 7.97. The van der Waals surface area contributed by atoms with Crippen LogP contribution in [0.25, 0.3) is 0 Å². The molecule has 3 unspecified atom stereocenters. The minimum Gasteiger partial charge on any atom is -0.387 e. The fourth-order valence-electron chi connectivity index (χ4n) is 5.43. The first-order valence-corrected chi connectivity index (χ1v) is 10.5. The molecule has 1 aromatic carbocycles. The minimum absolute atomic E-state index is 0.0512. The van der Waals surface area contributed by atoms with Gasteiger partial charge in [0.25, 0.3) is 0 Å². The summed E-state index contributed by atoms with van der Waals surface area (Å²) in [5.74, 6) is -0.356. The summed E-state index contributed by atoms with van der Waals surface area (Å²) in [5, 5.41) is 11.7. The fraction of sp³-hybridized carbons (Fsp3) is 0.667. The number of fused-ring (bicyclic) bond motifs is 1. The summed E-state index contributed by atoms with van der Waals surface area (Å²) in [6, 6.07) is 4.25. The van der Waals surface area contributed by atoms with Crippen molar-refractivity contribution in [3.8, 4) is 5.75 Å². The Morgan fingerprint density at radius 3 is 2.63 bits per heavy atom. The van der Waals surface area contributed by atoms with Crippen molar-refractivity contribution in [1.82, 2.24) is 4.90 Å². The highest BCUT2D eigenvalue weighted by atomic mass is 32.2. The van der Waals surface area contributed by atoms with Crippen LogP contribution in [0, 0.1) is 0 Å². The zero-order valence-corrected chi connectivity index (χ0v) is 15.7. The number of likely N-dealkylation sites (N-methyl/N-ethyl adjacent to an activating group) is 1. The van der Waals surface area contributed by atoms with Crippen molar-refractivity contribution in [2.24, 2.45) is 0 Å². The largest absolute Gasteiger partial charge is 0.534 e. The molecule has 3 aliphatic rings. The van der Waals surface area contributed by atoms with E-state index in [1.165, 1.54) is 12.1 Å². The van der Waals surface area contributed by atoms with E-state index < -0.39 is 26.6 Å². The Hall–Kier alpha value is -1.32. The molecule has 5 nitrogen and oxygen atoms in total. The maximum absolute atomic E-state index is 12.7. The predicted molar refractivity (Wildman–Crippen MR) is 91.9 cm³/mol. The van der Waals surface area contributed by atoms with Gasteiger partial charge in [0.15, 0.2) is 0 Å². The Balaban J connectivity index is 1.81. The number of nitrogens with zero attached hydrogens (tertiary/aromatic N) is 1. The molecule has 2 fully saturated rings. The summed E-state index contributed by atoms with van der Waals surface area (Å²) >= 11 is 0. The number of aliphatic hydroxyl groups is 1. The number of likely N-dealkylation sites (tertiary alicyclic amines) is 1. The molecule has 0 amide bonds. The van der Waals surface area contributed by atoms with Crippen molar-refractivity contribution >= 4 is 10.1 Å². The van der Waals surface area contributed by atoms with E-state index in [0.717, 1.165) is 36.9 Å². The van der Waals surface area contributed by atoms with Gasteiger partial charge in [0, 0.05) is 11.5 Å². The zero-order valence-electron chi connectivity index (χ0n) is 14.9. The standard InChI is InChI=1S/C18H22F3NO4S/c1-22-9-8-16-6-2-3-7-17(16,23)15(22)10-12-4-5-13(11-14(12)16)26-27(24,25)18(19,20)21/h4-5,11,15,23H,2-3,6-10H2,1H3. The minimum atomic E-state index is -5.72. The van der Waals surface area contributed by atoms with Crippen molar-refractivity contribution in [2.75, 3.05) is 13.6 Å². The lowest BCUT2D eigenvalue weighted by atomic mass is 9.49. The number of benzene rings is 1. The number of alkyl halides is 3. The van der Waals surface area contributed by atoms with Gasteiger partial charge in [-0.25, -0.2) is 0 Å². The summed E-state index contributed by atoms with van der Waals surface area (Å²) < 4.78 is 65.2. The molecule has 2 bridgehead atoms. The number of piperidine rings is 1. The first-order chi connectivity index (χ1) is 12.5. The smallest absolute Gasteiger partial charge is 0.387 e. The Kier molecular flexibility index (Phi) is 4.11. The molecule has 1 saturated carbocycles. The molecule has 0 spiro atoms. The van der Waals surface area contributed by atoms with Crippen molar-refractivity contribution < 1.29 is 30.9 Å². The third-order valence-corrected chi connectivity index (χ3v) is 7.69. The van der Waals surface area contributed by atoms with E-state index in [-0.39, 0.29) is 11.8 Å². The molecule has 1 aromatic rings. The molecular weight excluding hydrogens is 383 g/mol. The first-order valence-electron chi connectivity index (χ1n) is 9.07. The third-order valence-electron chi connectivity index (χ3n) is 6.71. The third kappa shape index (κ3) is 2.61. The van der Waals surface area contributed by atoms with Gasteiger partial charge in [0.05, 0.1) is 5.60 Å². The van der Waals surface area contributed by atoms with Crippen LogP contribution in [-0.2, 0) is 22.0 Å². The van der Waals surface area contributed by atoms with Crippen LogP contribution in [0.2, 0.25) is 0 Å². The van der Waals surface area contributed by atoms with E-state index >= 15 is 0 Å². The van der Waals surface area contributed by atoms with Crippen LogP contribution in [-0.4, -0.2) is 49.2 Å². The van der Waals surface area contributed by atoms with E-state index in [9.17, 15) is 26.7 Å². The maximum Gasteiger partial charge on any atom is 0.534 e. The van der Waals surface area contributed by atoms with E-state index in [4.69, 9.17) is 0 Å². The lowest BCUT2D eigenvalue weighted by Gasteiger charge is -2.63. The lowest BCUT2D eigenvalue weighted by Crippen LogP contribution is -2.71. The average Bonchev–Trinajstić information content (AvgIpc) is 2.57. The molecule has 0 radical (unpaired) electrons. The molecule has 150 valence electrons. The molecule has 1 saturated heterocycles. The molecule has 27 heavy (non-hydrogen) atoms. The highest BCUT2D eigenvalue weighted by Gasteiger charge is 2.62. The second-order valence-corrected chi connectivity index (χ2v) is 9.50. The quantitative estimate of drug-likeness (QED) is 0.605. The molecule has 9 heteroatoms. The van der Waals surface area contributed by atoms with Gasteiger partial charge in [-0.2, -0.15) is 21.6 Å². The molecule has 3 atom stereocenters. The molecule has 1 aliphatic heterocycles. The number of rotatable bonds is 2. The van der Waals surface area contributed by atoms with Crippen LogP contribution in [0.1, 0.15) is 43.2 Å². The first kappa shape index (κ1) is 19.0. The monoisotopic (exact) mass is 405 g/mol. The molecular formula is C18H22F3NO4S. The van der Waals surface area contributed by atoms with Gasteiger partial charge in [-0.3, -0.25) is 0 Å². The van der Waals surface area contributed by atoms with E-state index in [0.29, 0.717) is 19.3 Å². The predicted octanol–water partition coefficient (Wildman–Crippen LogP) is 2.72. The Morgan fingerprint density at radius 2 is 1.93 bits per heavy atom. The molecule has 4 rings (SSSR count). The Bertz CT molecular complexity index is 872. The van der Waals surface area contributed by atoms with E-state index in [1.54, 1.807) is 6.07 Å². The average molecular weight is 405 g/mol. The second kappa shape index (κ2) is 5.84. The normalized spacial score (nSPS) is 33.9. The van der Waals surface area contributed by atoms with Crippen LogP contribution in [0.15, 0.2) is 18.2 Å². The Labute approximate surface area is 156 Å². The summed E-state index contributed by atoms with van der Waals surface area (Å²) in [6.45, 7) is 0.776. The van der Waals surface area contributed by atoms with Gasteiger partial charge < -0.3 is 14.2 Å². The van der Waals surface area contributed by atoms with Crippen LogP contribution in [0.5, 0.6) is 5.75 Å². The van der Waals surface area contributed by atoms with E-state index in [2.05, 4.69) is 9.08 Å². The van der Waals surface area contributed by atoms with Crippen LogP contribution < -0.4 is 4.18 Å². The molecule has 0 aromatic heterocycles. The van der Waals surface area contributed by atoms with Gasteiger partial charge in [-0.1, -0.05) is 18.9 Å².